The monoisotopic (exact) mass is 399 g/mol. The Labute approximate surface area is 164 Å². The topological polar surface area (TPSA) is 60.9 Å². The maximum atomic E-state index is 12.9. The molecule has 0 fully saturated rings. The number of benzene rings is 1. The van der Waals surface area contributed by atoms with E-state index in [0.29, 0.717) is 27.8 Å². The fourth-order valence-corrected chi connectivity index (χ4v) is 4.13. The number of nitrogens with zero attached hydrogens (tertiary/aromatic N) is 3. The van der Waals surface area contributed by atoms with E-state index in [1.54, 1.807) is 18.2 Å². The van der Waals surface area contributed by atoms with Crippen molar-refractivity contribution in [3.63, 3.8) is 0 Å². The highest BCUT2D eigenvalue weighted by Gasteiger charge is 2.19. The number of aromatic nitrogens is 3. The third-order valence-electron chi connectivity index (χ3n) is 5.07. The van der Waals surface area contributed by atoms with Crippen molar-refractivity contribution in [2.75, 3.05) is 0 Å². The predicted octanol–water partition coefficient (Wildman–Crippen LogP) is 4.77. The molecule has 1 aliphatic carbocycles. The second-order valence-electron chi connectivity index (χ2n) is 6.85. The zero-order chi connectivity index (χ0) is 18.5. The molecule has 0 bridgehead atoms. The maximum Gasteiger partial charge on any atom is 0.297 e. The Balaban J connectivity index is 1.64. The van der Waals surface area contributed by atoms with Crippen LogP contribution < -0.4 is 5.56 Å². The smallest absolute Gasteiger partial charge is 0.297 e. The van der Waals surface area contributed by atoms with E-state index in [4.69, 9.17) is 27.6 Å². The van der Waals surface area contributed by atoms with Crippen molar-refractivity contribution in [2.45, 2.75) is 32.2 Å². The molecule has 4 aromatic rings. The summed E-state index contributed by atoms with van der Waals surface area (Å²) in [7, 11) is 0. The summed E-state index contributed by atoms with van der Waals surface area (Å²) in [6.45, 7) is 0.290. The molecule has 0 unspecified atom stereocenters. The molecular formula is C20H15Cl2N3O2. The van der Waals surface area contributed by atoms with Gasteiger partial charge in [-0.15, -0.1) is 0 Å². The summed E-state index contributed by atoms with van der Waals surface area (Å²) < 4.78 is 7.30. The lowest BCUT2D eigenvalue weighted by Gasteiger charge is -2.13. The molecule has 3 aromatic heterocycles. The molecule has 0 N–H and O–H groups in total. The van der Waals surface area contributed by atoms with Gasteiger partial charge in [0.05, 0.1) is 18.3 Å². The van der Waals surface area contributed by atoms with Crippen LogP contribution in [0, 0.1) is 0 Å². The molecule has 27 heavy (non-hydrogen) atoms. The summed E-state index contributed by atoms with van der Waals surface area (Å²) in [4.78, 5) is 22.1. The van der Waals surface area contributed by atoms with Crippen molar-refractivity contribution in [3.05, 3.63) is 67.8 Å². The van der Waals surface area contributed by atoms with E-state index in [1.165, 1.54) is 16.5 Å². The van der Waals surface area contributed by atoms with Crippen LogP contribution in [0.2, 0.25) is 10.0 Å². The minimum atomic E-state index is -0.248. The lowest BCUT2D eigenvalue weighted by atomic mass is 9.95. The van der Waals surface area contributed by atoms with Crippen molar-refractivity contribution >= 4 is 45.4 Å². The first-order valence-electron chi connectivity index (χ1n) is 8.84. The standard InChI is InChI=1S/C20H15Cl2N3O2/c21-13-6-5-12(15(22)8-13)9-25-10-23-17-14-7-11-3-1-2-4-16(11)24-19(14)27-18(17)20(25)26/h5-8,10H,1-4,9H2. The van der Waals surface area contributed by atoms with E-state index in [9.17, 15) is 4.79 Å². The van der Waals surface area contributed by atoms with Crippen LogP contribution in [0.3, 0.4) is 0 Å². The van der Waals surface area contributed by atoms with Crippen LogP contribution in [-0.4, -0.2) is 14.5 Å². The van der Waals surface area contributed by atoms with E-state index in [0.717, 1.165) is 42.3 Å². The van der Waals surface area contributed by atoms with Gasteiger partial charge in [-0.1, -0.05) is 29.3 Å². The van der Waals surface area contributed by atoms with Gasteiger partial charge in [0.2, 0.25) is 11.3 Å². The Morgan fingerprint density at radius 3 is 2.85 bits per heavy atom. The number of pyridine rings is 1. The van der Waals surface area contributed by atoms with Gasteiger partial charge < -0.3 is 4.42 Å². The van der Waals surface area contributed by atoms with Crippen molar-refractivity contribution in [1.29, 1.82) is 0 Å². The zero-order valence-corrected chi connectivity index (χ0v) is 15.8. The van der Waals surface area contributed by atoms with Gasteiger partial charge in [-0.05, 0) is 55.0 Å². The van der Waals surface area contributed by atoms with Gasteiger partial charge in [-0.25, -0.2) is 9.97 Å². The second-order valence-corrected chi connectivity index (χ2v) is 7.69. The first-order chi connectivity index (χ1) is 13.1. The molecule has 1 aliphatic rings. The van der Waals surface area contributed by atoms with Gasteiger partial charge in [-0.2, -0.15) is 0 Å². The molecule has 7 heteroatoms. The van der Waals surface area contributed by atoms with Crippen LogP contribution in [0.25, 0.3) is 22.2 Å². The largest absolute Gasteiger partial charge is 0.430 e. The first kappa shape index (κ1) is 16.8. The summed E-state index contributed by atoms with van der Waals surface area (Å²) in [6, 6.07) is 7.28. The molecular weight excluding hydrogens is 385 g/mol. The van der Waals surface area contributed by atoms with Crippen molar-refractivity contribution in [2.24, 2.45) is 0 Å². The third-order valence-corrected chi connectivity index (χ3v) is 5.66. The van der Waals surface area contributed by atoms with Gasteiger partial charge in [0.25, 0.3) is 5.56 Å². The Morgan fingerprint density at radius 2 is 2.00 bits per heavy atom. The average molecular weight is 400 g/mol. The fourth-order valence-electron chi connectivity index (χ4n) is 3.66. The van der Waals surface area contributed by atoms with E-state index in [1.807, 2.05) is 0 Å². The van der Waals surface area contributed by atoms with E-state index in [2.05, 4.69) is 16.0 Å². The van der Waals surface area contributed by atoms with Crippen molar-refractivity contribution < 1.29 is 4.42 Å². The summed E-state index contributed by atoms with van der Waals surface area (Å²) in [5.41, 5.74) is 4.12. The van der Waals surface area contributed by atoms with Gasteiger partial charge in [0, 0.05) is 15.7 Å². The number of fused-ring (bicyclic) bond motifs is 4. The molecule has 5 nitrogen and oxygen atoms in total. The molecule has 0 spiro atoms. The van der Waals surface area contributed by atoms with Crippen LogP contribution in [0.4, 0.5) is 0 Å². The number of rotatable bonds is 2. The van der Waals surface area contributed by atoms with Crippen LogP contribution in [0.15, 0.2) is 39.8 Å². The average Bonchev–Trinajstić information content (AvgIpc) is 3.02. The highest BCUT2D eigenvalue weighted by Crippen LogP contribution is 2.29. The van der Waals surface area contributed by atoms with Gasteiger partial charge in [0.1, 0.15) is 5.52 Å². The predicted molar refractivity (Wildman–Crippen MR) is 106 cm³/mol. The summed E-state index contributed by atoms with van der Waals surface area (Å²) in [5.74, 6) is 0. The van der Waals surface area contributed by atoms with E-state index < -0.39 is 0 Å². The van der Waals surface area contributed by atoms with Gasteiger partial charge in [0.15, 0.2) is 0 Å². The van der Waals surface area contributed by atoms with Crippen LogP contribution in [0.5, 0.6) is 0 Å². The summed E-state index contributed by atoms with van der Waals surface area (Å²) >= 11 is 12.2. The molecule has 0 atom stereocenters. The lowest BCUT2D eigenvalue weighted by molar-refractivity contribution is 0.619. The zero-order valence-electron chi connectivity index (χ0n) is 14.3. The van der Waals surface area contributed by atoms with Crippen molar-refractivity contribution in [3.8, 4) is 0 Å². The quantitative estimate of drug-likeness (QED) is 0.486. The minimum absolute atomic E-state index is 0.229. The molecule has 0 aliphatic heterocycles. The van der Waals surface area contributed by atoms with Crippen molar-refractivity contribution in [1.82, 2.24) is 14.5 Å². The van der Waals surface area contributed by atoms with Crippen LogP contribution in [0.1, 0.15) is 29.7 Å². The van der Waals surface area contributed by atoms with Crippen LogP contribution in [-0.2, 0) is 19.4 Å². The Kier molecular flexibility index (Phi) is 3.95. The second kappa shape index (κ2) is 6.36. The number of furan rings is 1. The molecule has 0 saturated heterocycles. The molecule has 3 heterocycles. The fraction of sp³-hybridized carbons (Fsp3) is 0.250. The third kappa shape index (κ3) is 2.82. The molecule has 0 saturated carbocycles. The highest BCUT2D eigenvalue weighted by molar-refractivity contribution is 6.35. The van der Waals surface area contributed by atoms with Gasteiger partial charge in [-0.3, -0.25) is 9.36 Å². The lowest BCUT2D eigenvalue weighted by Crippen LogP contribution is -2.20. The molecule has 136 valence electrons. The molecule has 5 rings (SSSR count). The van der Waals surface area contributed by atoms with E-state index >= 15 is 0 Å². The molecule has 0 radical (unpaired) electrons. The van der Waals surface area contributed by atoms with Crippen LogP contribution >= 0.6 is 23.2 Å². The molecule has 0 amide bonds. The minimum Gasteiger partial charge on any atom is -0.430 e. The Hall–Kier alpha value is -2.37. The van der Waals surface area contributed by atoms with E-state index in [-0.39, 0.29) is 11.1 Å². The number of halogens is 2. The van der Waals surface area contributed by atoms with Gasteiger partial charge >= 0.3 is 0 Å². The summed E-state index contributed by atoms with van der Waals surface area (Å²) in [5, 5.41) is 1.87. The number of hydrogen-bond donors (Lipinski definition) is 0. The number of hydrogen-bond acceptors (Lipinski definition) is 4. The highest BCUT2D eigenvalue weighted by atomic mass is 35.5. The maximum absolute atomic E-state index is 12.9. The molecule has 1 aromatic carbocycles. The normalized spacial score (nSPS) is 14.0. The summed E-state index contributed by atoms with van der Waals surface area (Å²) in [6.07, 6.45) is 5.80. The SMILES string of the molecule is O=c1c2oc3nc4c(cc3c2ncn1Cc1ccc(Cl)cc1Cl)CCCC4. The Morgan fingerprint density at radius 1 is 1.15 bits per heavy atom. The Bertz CT molecular complexity index is 1260. The first-order valence-corrected chi connectivity index (χ1v) is 9.60. The number of aryl methyl sites for hydroxylation is 2.